The van der Waals surface area contributed by atoms with Gasteiger partial charge in [0, 0.05) is 29.0 Å². The van der Waals surface area contributed by atoms with Gasteiger partial charge < -0.3 is 4.90 Å². The summed E-state index contributed by atoms with van der Waals surface area (Å²) in [6.07, 6.45) is 0.802. The molecular weight excluding hydrogens is 302 g/mol. The summed E-state index contributed by atoms with van der Waals surface area (Å²) in [5, 5.41) is 0.0926. The van der Waals surface area contributed by atoms with Crippen LogP contribution in [0, 0.1) is 6.92 Å². The van der Waals surface area contributed by atoms with Crippen LogP contribution in [0.5, 0.6) is 0 Å². The molecule has 1 unspecified atom stereocenters. The minimum Gasteiger partial charge on any atom is -0.342 e. The van der Waals surface area contributed by atoms with Gasteiger partial charge in [-0.25, -0.2) is 0 Å². The second-order valence-electron chi connectivity index (χ2n) is 4.26. The van der Waals surface area contributed by atoms with E-state index >= 15 is 0 Å². The molecule has 94 valence electrons. The molecule has 1 amide bonds. The summed E-state index contributed by atoms with van der Waals surface area (Å²) in [6.45, 7) is 4.61. The van der Waals surface area contributed by atoms with Crippen molar-refractivity contribution in [2.45, 2.75) is 25.6 Å². The Morgan fingerprint density at radius 3 is 2.71 bits per heavy atom. The minimum atomic E-state index is 0.0306. The van der Waals surface area contributed by atoms with Crippen LogP contribution in [0.15, 0.2) is 22.7 Å². The van der Waals surface area contributed by atoms with Crippen molar-refractivity contribution < 1.29 is 4.79 Å². The molecule has 2 nitrogen and oxygen atoms in total. The Morgan fingerprint density at radius 1 is 1.53 bits per heavy atom. The molecular formula is C13H17BrClNO. The zero-order valence-corrected chi connectivity index (χ0v) is 12.7. The summed E-state index contributed by atoms with van der Waals surface area (Å²) in [6, 6.07) is 5.65. The molecule has 0 fully saturated rings. The third kappa shape index (κ3) is 4.32. The van der Waals surface area contributed by atoms with E-state index in [9.17, 15) is 4.79 Å². The van der Waals surface area contributed by atoms with Gasteiger partial charge in [0.05, 0.1) is 0 Å². The van der Waals surface area contributed by atoms with E-state index in [0.717, 1.165) is 16.5 Å². The fraction of sp³-hybridized carbons (Fsp3) is 0.462. The quantitative estimate of drug-likeness (QED) is 0.772. The molecule has 0 spiro atoms. The van der Waals surface area contributed by atoms with Crippen LogP contribution < -0.4 is 0 Å². The highest BCUT2D eigenvalue weighted by Gasteiger charge is 2.12. The molecule has 1 aromatic carbocycles. The SMILES string of the molecule is Cc1ccc(C(=O)N(C)CCC(C)Cl)cc1Br. The molecule has 0 aliphatic rings. The van der Waals surface area contributed by atoms with E-state index in [2.05, 4.69) is 15.9 Å². The largest absolute Gasteiger partial charge is 0.342 e. The molecule has 17 heavy (non-hydrogen) atoms. The number of halogens is 2. The summed E-state index contributed by atoms with van der Waals surface area (Å²) in [5.41, 5.74) is 1.82. The number of amides is 1. The van der Waals surface area contributed by atoms with Gasteiger partial charge in [0.25, 0.3) is 5.91 Å². The van der Waals surface area contributed by atoms with Crippen molar-refractivity contribution in [1.29, 1.82) is 0 Å². The van der Waals surface area contributed by atoms with E-state index in [-0.39, 0.29) is 11.3 Å². The van der Waals surface area contributed by atoms with E-state index in [1.807, 2.05) is 32.0 Å². The number of nitrogens with zero attached hydrogens (tertiary/aromatic N) is 1. The summed E-state index contributed by atoms with van der Waals surface area (Å²) >= 11 is 9.31. The number of carbonyl (C=O) groups excluding carboxylic acids is 1. The molecule has 1 rings (SSSR count). The predicted molar refractivity (Wildman–Crippen MR) is 75.8 cm³/mol. The first-order valence-corrected chi connectivity index (χ1v) is 6.80. The first-order chi connectivity index (χ1) is 7.91. The maximum absolute atomic E-state index is 12.1. The smallest absolute Gasteiger partial charge is 0.253 e. The van der Waals surface area contributed by atoms with Crippen LogP contribution in [-0.2, 0) is 0 Å². The molecule has 0 saturated heterocycles. The highest BCUT2D eigenvalue weighted by atomic mass is 79.9. The highest BCUT2D eigenvalue weighted by molar-refractivity contribution is 9.10. The normalized spacial score (nSPS) is 12.3. The lowest BCUT2D eigenvalue weighted by Crippen LogP contribution is -2.28. The minimum absolute atomic E-state index is 0.0306. The van der Waals surface area contributed by atoms with Crippen LogP contribution in [0.4, 0.5) is 0 Å². The number of benzene rings is 1. The van der Waals surface area contributed by atoms with E-state index in [0.29, 0.717) is 12.1 Å². The molecule has 0 bridgehead atoms. The van der Waals surface area contributed by atoms with Gasteiger partial charge in [-0.1, -0.05) is 22.0 Å². The Morgan fingerprint density at radius 2 is 2.18 bits per heavy atom. The molecule has 0 aromatic heterocycles. The summed E-state index contributed by atoms with van der Waals surface area (Å²) in [7, 11) is 1.80. The van der Waals surface area contributed by atoms with Gasteiger partial charge in [-0.05, 0) is 38.0 Å². The number of hydrogen-bond donors (Lipinski definition) is 0. The van der Waals surface area contributed by atoms with Crippen LogP contribution in [0.25, 0.3) is 0 Å². The third-order valence-electron chi connectivity index (χ3n) is 2.63. The standard InChI is InChI=1S/C13H17BrClNO/c1-9-4-5-11(8-12(9)14)13(17)16(3)7-6-10(2)15/h4-5,8,10H,6-7H2,1-3H3. The number of carbonyl (C=O) groups is 1. The van der Waals surface area contributed by atoms with Crippen LogP contribution in [0.2, 0.25) is 0 Å². The van der Waals surface area contributed by atoms with E-state index < -0.39 is 0 Å². The molecule has 0 N–H and O–H groups in total. The molecule has 0 saturated carbocycles. The molecule has 1 aromatic rings. The van der Waals surface area contributed by atoms with Crippen LogP contribution in [0.3, 0.4) is 0 Å². The van der Waals surface area contributed by atoms with Crippen molar-refractivity contribution in [3.63, 3.8) is 0 Å². The molecule has 1 atom stereocenters. The maximum atomic E-state index is 12.1. The summed E-state index contributed by atoms with van der Waals surface area (Å²) in [4.78, 5) is 13.8. The lowest BCUT2D eigenvalue weighted by Gasteiger charge is -2.18. The first kappa shape index (κ1) is 14.5. The van der Waals surface area contributed by atoms with Crippen molar-refractivity contribution in [3.8, 4) is 0 Å². The molecule has 4 heteroatoms. The number of rotatable bonds is 4. The first-order valence-electron chi connectivity index (χ1n) is 5.57. The number of hydrogen-bond acceptors (Lipinski definition) is 1. The fourth-order valence-corrected chi connectivity index (χ4v) is 1.90. The second-order valence-corrected chi connectivity index (χ2v) is 5.86. The highest BCUT2D eigenvalue weighted by Crippen LogP contribution is 2.18. The van der Waals surface area contributed by atoms with Crippen molar-refractivity contribution in [3.05, 3.63) is 33.8 Å². The zero-order chi connectivity index (χ0) is 13.0. The lowest BCUT2D eigenvalue weighted by atomic mass is 10.1. The summed E-state index contributed by atoms with van der Waals surface area (Å²) < 4.78 is 0.961. The van der Waals surface area contributed by atoms with Crippen LogP contribution >= 0.6 is 27.5 Å². The fourth-order valence-electron chi connectivity index (χ4n) is 1.42. The number of alkyl halides is 1. The topological polar surface area (TPSA) is 20.3 Å². The Bertz CT molecular complexity index is 406. The lowest BCUT2D eigenvalue weighted by molar-refractivity contribution is 0.0793. The number of aryl methyl sites for hydroxylation is 1. The Labute approximate surface area is 116 Å². The second kappa shape index (κ2) is 6.41. The monoisotopic (exact) mass is 317 g/mol. The molecule has 0 aliphatic carbocycles. The molecule has 0 heterocycles. The van der Waals surface area contributed by atoms with Gasteiger partial charge in [0.2, 0.25) is 0 Å². The summed E-state index contributed by atoms with van der Waals surface area (Å²) in [5.74, 6) is 0.0306. The average Bonchev–Trinajstić information content (AvgIpc) is 2.28. The maximum Gasteiger partial charge on any atom is 0.253 e. The Balaban J connectivity index is 2.71. The van der Waals surface area contributed by atoms with E-state index in [1.165, 1.54) is 0 Å². The van der Waals surface area contributed by atoms with Crippen LogP contribution in [0.1, 0.15) is 29.3 Å². The van der Waals surface area contributed by atoms with E-state index in [4.69, 9.17) is 11.6 Å². The van der Waals surface area contributed by atoms with Gasteiger partial charge in [-0.15, -0.1) is 11.6 Å². The Kier molecular flexibility index (Phi) is 5.47. The van der Waals surface area contributed by atoms with E-state index in [1.54, 1.807) is 11.9 Å². The molecule has 0 aliphatic heterocycles. The predicted octanol–water partition coefficient (Wildman–Crippen LogP) is 3.85. The van der Waals surface area contributed by atoms with Crippen molar-refractivity contribution in [2.75, 3.05) is 13.6 Å². The van der Waals surface area contributed by atoms with Crippen molar-refractivity contribution in [1.82, 2.24) is 4.90 Å². The zero-order valence-electron chi connectivity index (χ0n) is 10.3. The van der Waals surface area contributed by atoms with Gasteiger partial charge in [0.1, 0.15) is 0 Å². The van der Waals surface area contributed by atoms with Gasteiger partial charge in [0.15, 0.2) is 0 Å². The van der Waals surface area contributed by atoms with Crippen molar-refractivity contribution >= 4 is 33.4 Å². The van der Waals surface area contributed by atoms with Gasteiger partial charge in [-0.2, -0.15) is 0 Å². The van der Waals surface area contributed by atoms with Gasteiger partial charge >= 0.3 is 0 Å². The van der Waals surface area contributed by atoms with Crippen molar-refractivity contribution in [2.24, 2.45) is 0 Å². The van der Waals surface area contributed by atoms with Crippen LogP contribution in [-0.4, -0.2) is 29.8 Å². The Hall–Kier alpha value is -0.540. The average molecular weight is 319 g/mol. The van der Waals surface area contributed by atoms with Gasteiger partial charge in [-0.3, -0.25) is 4.79 Å². The molecule has 0 radical (unpaired) electrons. The third-order valence-corrected chi connectivity index (χ3v) is 3.70.